The number of ether oxygens (including phenoxy) is 1. The molecule has 1 aromatic heterocycles. The van der Waals surface area contributed by atoms with E-state index < -0.39 is 0 Å². The summed E-state index contributed by atoms with van der Waals surface area (Å²) < 4.78 is 5.86. The molecule has 0 bridgehead atoms. The van der Waals surface area contributed by atoms with Crippen LogP contribution in [-0.4, -0.2) is 35.6 Å². The molecule has 3 heteroatoms. The van der Waals surface area contributed by atoms with E-state index in [1.54, 1.807) is 12.4 Å². The molecule has 0 spiro atoms. The van der Waals surface area contributed by atoms with Crippen LogP contribution in [0.15, 0.2) is 24.5 Å². The van der Waals surface area contributed by atoms with Crippen molar-refractivity contribution in [3.05, 3.63) is 24.5 Å². The summed E-state index contributed by atoms with van der Waals surface area (Å²) in [7, 11) is 2.17. The first-order valence-corrected chi connectivity index (χ1v) is 5.54. The third-order valence-corrected chi connectivity index (χ3v) is 3.08. The van der Waals surface area contributed by atoms with E-state index in [-0.39, 0.29) is 6.10 Å². The summed E-state index contributed by atoms with van der Waals surface area (Å²) in [5.74, 6) is 0.866. The van der Waals surface area contributed by atoms with E-state index in [9.17, 15) is 0 Å². The highest BCUT2D eigenvalue weighted by Crippen LogP contribution is 2.21. The Kier molecular flexibility index (Phi) is 3.21. The summed E-state index contributed by atoms with van der Waals surface area (Å²) in [6, 6.07) is 4.41. The molecule has 15 heavy (non-hydrogen) atoms. The van der Waals surface area contributed by atoms with Crippen LogP contribution in [0.25, 0.3) is 0 Å². The molecular weight excluding hydrogens is 188 g/mol. The van der Waals surface area contributed by atoms with Gasteiger partial charge in [-0.25, -0.2) is 0 Å². The first-order chi connectivity index (χ1) is 7.27. The van der Waals surface area contributed by atoms with Gasteiger partial charge in [0.15, 0.2) is 0 Å². The molecule has 0 amide bonds. The Labute approximate surface area is 91.1 Å². The predicted molar refractivity (Wildman–Crippen MR) is 60.0 cm³/mol. The Balaban J connectivity index is 1.94. The van der Waals surface area contributed by atoms with Crippen molar-refractivity contribution < 1.29 is 4.74 Å². The first kappa shape index (κ1) is 10.4. The normalized spacial score (nSPS) is 24.0. The number of hydrogen-bond acceptors (Lipinski definition) is 3. The van der Waals surface area contributed by atoms with Crippen molar-refractivity contribution in [2.24, 2.45) is 0 Å². The molecule has 0 aliphatic carbocycles. The van der Waals surface area contributed by atoms with Crippen LogP contribution in [0.4, 0.5) is 0 Å². The van der Waals surface area contributed by atoms with E-state index in [1.165, 1.54) is 19.4 Å². The first-order valence-electron chi connectivity index (χ1n) is 5.54. The molecule has 1 fully saturated rings. The van der Waals surface area contributed by atoms with Gasteiger partial charge in [-0.15, -0.1) is 0 Å². The molecule has 0 saturated carbocycles. The van der Waals surface area contributed by atoms with Crippen molar-refractivity contribution in [2.75, 3.05) is 13.6 Å². The average molecular weight is 206 g/mol. The van der Waals surface area contributed by atoms with E-state index in [1.807, 2.05) is 12.1 Å². The zero-order chi connectivity index (χ0) is 10.7. The Morgan fingerprint density at radius 1 is 1.60 bits per heavy atom. The smallest absolute Gasteiger partial charge is 0.138 e. The second kappa shape index (κ2) is 4.62. The van der Waals surface area contributed by atoms with Crippen molar-refractivity contribution in [3.63, 3.8) is 0 Å². The summed E-state index contributed by atoms with van der Waals surface area (Å²) >= 11 is 0. The Bertz CT molecular complexity index is 302. The molecule has 1 unspecified atom stereocenters. The van der Waals surface area contributed by atoms with Crippen LogP contribution in [0.2, 0.25) is 0 Å². The third-order valence-electron chi connectivity index (χ3n) is 3.08. The van der Waals surface area contributed by atoms with Crippen LogP contribution in [-0.2, 0) is 0 Å². The minimum atomic E-state index is 0.238. The van der Waals surface area contributed by atoms with E-state index in [4.69, 9.17) is 4.74 Å². The van der Waals surface area contributed by atoms with Gasteiger partial charge in [0.1, 0.15) is 11.9 Å². The Morgan fingerprint density at radius 3 is 3.07 bits per heavy atom. The van der Waals surface area contributed by atoms with Gasteiger partial charge in [-0.1, -0.05) is 0 Å². The van der Waals surface area contributed by atoms with Gasteiger partial charge in [-0.3, -0.25) is 9.88 Å². The molecule has 1 saturated heterocycles. The Hall–Kier alpha value is -1.09. The van der Waals surface area contributed by atoms with Gasteiger partial charge in [-0.05, 0) is 45.5 Å². The third kappa shape index (κ3) is 2.48. The van der Waals surface area contributed by atoms with Gasteiger partial charge in [0.05, 0.1) is 6.20 Å². The highest BCUT2D eigenvalue weighted by Gasteiger charge is 2.27. The molecule has 2 atom stereocenters. The Morgan fingerprint density at radius 2 is 2.47 bits per heavy atom. The topological polar surface area (TPSA) is 25.4 Å². The monoisotopic (exact) mass is 206 g/mol. The maximum Gasteiger partial charge on any atom is 0.138 e. The highest BCUT2D eigenvalue weighted by molar-refractivity contribution is 5.16. The van der Waals surface area contributed by atoms with Gasteiger partial charge >= 0.3 is 0 Å². The summed E-state index contributed by atoms with van der Waals surface area (Å²) in [5.41, 5.74) is 0. The van der Waals surface area contributed by atoms with Crippen molar-refractivity contribution in [2.45, 2.75) is 31.9 Å². The largest absolute Gasteiger partial charge is 0.487 e. The average Bonchev–Trinajstić information content (AvgIpc) is 2.66. The SMILES string of the molecule is CC(Oc1cccnc1)[C@@H]1CCCN1C. The second-order valence-corrected chi connectivity index (χ2v) is 4.20. The van der Waals surface area contributed by atoms with Crippen LogP contribution in [0, 0.1) is 0 Å². The summed E-state index contributed by atoms with van der Waals surface area (Å²) in [4.78, 5) is 6.42. The molecule has 3 nitrogen and oxygen atoms in total. The van der Waals surface area contributed by atoms with Crippen LogP contribution >= 0.6 is 0 Å². The molecule has 0 radical (unpaired) electrons. The quantitative estimate of drug-likeness (QED) is 0.755. The number of aromatic nitrogens is 1. The maximum absolute atomic E-state index is 5.86. The van der Waals surface area contributed by atoms with Gasteiger partial charge in [0.25, 0.3) is 0 Å². The van der Waals surface area contributed by atoms with Crippen LogP contribution in [0.1, 0.15) is 19.8 Å². The summed E-state index contributed by atoms with van der Waals surface area (Å²) in [5, 5.41) is 0. The van der Waals surface area contributed by atoms with Gasteiger partial charge < -0.3 is 4.74 Å². The van der Waals surface area contributed by atoms with Crippen LogP contribution < -0.4 is 4.74 Å². The van der Waals surface area contributed by atoms with E-state index in [0.29, 0.717) is 6.04 Å². The lowest BCUT2D eigenvalue weighted by Gasteiger charge is -2.26. The number of nitrogens with zero attached hydrogens (tertiary/aromatic N) is 2. The van der Waals surface area contributed by atoms with Crippen LogP contribution in [0.3, 0.4) is 0 Å². The van der Waals surface area contributed by atoms with E-state index in [2.05, 4.69) is 23.9 Å². The van der Waals surface area contributed by atoms with Gasteiger partial charge in [0.2, 0.25) is 0 Å². The molecule has 1 aromatic rings. The van der Waals surface area contributed by atoms with Crippen molar-refractivity contribution in [1.29, 1.82) is 0 Å². The fourth-order valence-electron chi connectivity index (χ4n) is 2.24. The zero-order valence-corrected chi connectivity index (χ0v) is 9.39. The molecule has 0 N–H and O–H groups in total. The molecule has 82 valence electrons. The molecule has 1 aliphatic heterocycles. The number of likely N-dealkylation sites (tertiary alicyclic amines) is 1. The predicted octanol–water partition coefficient (Wildman–Crippen LogP) is 1.94. The number of pyridine rings is 1. The minimum absolute atomic E-state index is 0.238. The zero-order valence-electron chi connectivity index (χ0n) is 9.39. The number of rotatable bonds is 3. The number of likely N-dealkylation sites (N-methyl/N-ethyl adjacent to an activating group) is 1. The van der Waals surface area contributed by atoms with Crippen LogP contribution in [0.5, 0.6) is 5.75 Å². The lowest BCUT2D eigenvalue weighted by molar-refractivity contribution is 0.121. The molecule has 2 rings (SSSR count). The summed E-state index contributed by atoms with van der Waals surface area (Å²) in [6.45, 7) is 3.32. The highest BCUT2D eigenvalue weighted by atomic mass is 16.5. The van der Waals surface area contributed by atoms with Crippen molar-refractivity contribution >= 4 is 0 Å². The fraction of sp³-hybridized carbons (Fsp3) is 0.583. The lowest BCUT2D eigenvalue weighted by atomic mass is 10.1. The lowest BCUT2D eigenvalue weighted by Crippen LogP contribution is -2.38. The van der Waals surface area contributed by atoms with Crippen molar-refractivity contribution in [1.82, 2.24) is 9.88 Å². The molecular formula is C12H18N2O. The second-order valence-electron chi connectivity index (χ2n) is 4.20. The molecule has 2 heterocycles. The van der Waals surface area contributed by atoms with Gasteiger partial charge in [-0.2, -0.15) is 0 Å². The van der Waals surface area contributed by atoms with Gasteiger partial charge in [0, 0.05) is 12.2 Å². The summed E-state index contributed by atoms with van der Waals surface area (Å²) in [6.07, 6.45) is 6.28. The van der Waals surface area contributed by atoms with Crippen molar-refractivity contribution in [3.8, 4) is 5.75 Å². The molecule has 1 aliphatic rings. The fourth-order valence-corrected chi connectivity index (χ4v) is 2.24. The maximum atomic E-state index is 5.86. The van der Waals surface area contributed by atoms with E-state index >= 15 is 0 Å². The minimum Gasteiger partial charge on any atom is -0.487 e. The number of hydrogen-bond donors (Lipinski definition) is 0. The standard InChI is InChI=1S/C12H18N2O/c1-10(12-6-4-8-14(12)2)15-11-5-3-7-13-9-11/h3,5,7,9-10,12H,4,6,8H2,1-2H3/t10?,12-/m0/s1. The van der Waals surface area contributed by atoms with E-state index in [0.717, 1.165) is 5.75 Å². The molecule has 0 aromatic carbocycles.